The molecule has 14 heteroatoms. The molecule has 0 saturated carbocycles. The fourth-order valence-electron chi connectivity index (χ4n) is 3.93. The van der Waals surface area contributed by atoms with Gasteiger partial charge in [0.05, 0.1) is 19.8 Å². The van der Waals surface area contributed by atoms with Crippen LogP contribution in [0.4, 0.5) is 0 Å². The van der Waals surface area contributed by atoms with Crippen LogP contribution in [0.2, 0.25) is 0 Å². The number of rotatable bonds is 27. The molecule has 1 aromatic rings. The van der Waals surface area contributed by atoms with Crippen LogP contribution in [0.15, 0.2) is 24.5 Å². The molecule has 3 amide bonds. The molecule has 0 bridgehead atoms. The maximum atomic E-state index is 11.7. The van der Waals surface area contributed by atoms with Gasteiger partial charge in [0.2, 0.25) is 18.2 Å². The molecular weight excluding hydrogens is 670 g/mol. The van der Waals surface area contributed by atoms with Gasteiger partial charge in [-0.25, -0.2) is 0 Å². The van der Waals surface area contributed by atoms with Crippen molar-refractivity contribution >= 4 is 37.8 Å². The fraction of sp³-hybridized carbons (Fsp3) is 0.711. The summed E-state index contributed by atoms with van der Waals surface area (Å²) in [6.45, 7) is 16.9. The molecule has 1 atom stereocenters. The van der Waals surface area contributed by atoms with Gasteiger partial charge in [0.25, 0.3) is 0 Å². The Morgan fingerprint density at radius 2 is 1.35 bits per heavy atom. The quantitative estimate of drug-likeness (QED) is 0.0609. The predicted octanol–water partition coefficient (Wildman–Crippen LogP) is 4.81. The summed E-state index contributed by atoms with van der Waals surface area (Å²) >= 11 is 0. The Morgan fingerprint density at radius 1 is 0.808 bits per heavy atom. The van der Waals surface area contributed by atoms with Gasteiger partial charge in [-0.3, -0.25) is 24.2 Å². The molecule has 1 rings (SSSR count). The lowest BCUT2D eigenvalue weighted by atomic mass is 10.1. The maximum Gasteiger partial charge on any atom is 0.303 e. The average Bonchev–Trinajstić information content (AvgIpc) is 3.17. The minimum atomic E-state index is -0.722. The topological polar surface area (TPSA) is 216 Å². The van der Waals surface area contributed by atoms with Crippen molar-refractivity contribution in [2.24, 2.45) is 5.73 Å². The zero-order chi connectivity index (χ0) is 40.5. The number of hydrogen-bond donors (Lipinski definition) is 5. The number of nitrogens with one attached hydrogen (secondary N) is 3. The van der Waals surface area contributed by atoms with Crippen LogP contribution in [0.25, 0.3) is 0 Å². The molecule has 6 N–H and O–H groups in total. The van der Waals surface area contributed by atoms with Crippen LogP contribution in [-0.4, -0.2) is 100.0 Å². The number of nitrogens with zero attached hydrogens (tertiary/aromatic N) is 1. The maximum absolute atomic E-state index is 11.7. The molecule has 0 aliphatic carbocycles. The minimum Gasteiger partial charge on any atom is -0.481 e. The summed E-state index contributed by atoms with van der Waals surface area (Å²) in [5, 5.41) is 16.6. The molecule has 52 heavy (non-hydrogen) atoms. The van der Waals surface area contributed by atoms with E-state index in [9.17, 15) is 19.2 Å². The van der Waals surface area contributed by atoms with Gasteiger partial charge in [-0.15, -0.1) is 0 Å². The van der Waals surface area contributed by atoms with Crippen LogP contribution in [-0.2, 0) is 44.7 Å². The van der Waals surface area contributed by atoms with E-state index >= 15 is 0 Å². The number of carboxylic acid groups (broad SMARTS) is 1. The van der Waals surface area contributed by atoms with Crippen LogP contribution >= 0.6 is 0 Å². The van der Waals surface area contributed by atoms with Crippen LogP contribution in [0.3, 0.4) is 0 Å². The Hall–Kier alpha value is -3.75. The highest BCUT2D eigenvalue weighted by molar-refractivity contribution is 5.77. The summed E-state index contributed by atoms with van der Waals surface area (Å²) in [5.41, 5.74) is 6.56. The summed E-state index contributed by atoms with van der Waals surface area (Å²) in [6.07, 6.45) is 17.8. The van der Waals surface area contributed by atoms with E-state index in [2.05, 4.69) is 34.8 Å². The van der Waals surface area contributed by atoms with Gasteiger partial charge in [0.1, 0.15) is 20.2 Å². The normalized spacial score (nSPS) is 9.81. The van der Waals surface area contributed by atoms with Crippen molar-refractivity contribution in [2.75, 3.05) is 46.1 Å². The van der Waals surface area contributed by atoms with Crippen molar-refractivity contribution in [3.63, 3.8) is 0 Å². The molecule has 0 aromatic carbocycles. The van der Waals surface area contributed by atoms with Crippen molar-refractivity contribution in [1.29, 1.82) is 0 Å². The van der Waals surface area contributed by atoms with Crippen LogP contribution in [0.1, 0.15) is 124 Å². The zero-order valence-corrected chi connectivity index (χ0v) is 33.0. The summed E-state index contributed by atoms with van der Waals surface area (Å²) in [5.74, 6) is -1.02. The summed E-state index contributed by atoms with van der Waals surface area (Å²) < 4.78 is 10.6. The van der Waals surface area contributed by atoms with E-state index < -0.39 is 5.97 Å². The smallest absolute Gasteiger partial charge is 0.303 e. The standard InChI is InChI=1S/C22H41N3O7.C7H9N.C5H13N.C2H6.2CH2O/c1-19(25-18-26)16-20(27)24-12-13-31-14-15-32-17-21(28)23-11-9-7-5-3-2-4-6-8-10-22(29)30;1-2-7-3-5-8-6-4-7;1-2-3-4-5-6;3*1-2/h18-19H,2-17H2,1H3,(H,23,28)(H,24,27)(H,25,26)(H,29,30);3-6H,2H2,1H3;2-6H2,1H3;1-2H3;2*1H2. The molecule has 0 aliphatic rings. The number of ether oxygens (including phenoxy) is 2. The number of amides is 3. The van der Waals surface area contributed by atoms with Crippen molar-refractivity contribution in [3.8, 4) is 0 Å². The summed E-state index contributed by atoms with van der Waals surface area (Å²) in [7, 11) is 0. The number of carbonyl (C=O) groups excluding carboxylic acids is 5. The second kappa shape index (κ2) is 54.0. The Bertz CT molecular complexity index is 878. The van der Waals surface area contributed by atoms with E-state index in [1.807, 2.05) is 52.0 Å². The van der Waals surface area contributed by atoms with Gasteiger partial charge in [0.15, 0.2) is 0 Å². The van der Waals surface area contributed by atoms with Gasteiger partial charge < -0.3 is 45.9 Å². The highest BCUT2D eigenvalue weighted by atomic mass is 16.5. The lowest BCUT2D eigenvalue weighted by Gasteiger charge is -2.10. The molecule has 1 heterocycles. The second-order valence-electron chi connectivity index (χ2n) is 10.9. The molecule has 304 valence electrons. The van der Waals surface area contributed by atoms with E-state index in [1.54, 1.807) is 6.92 Å². The number of unbranched alkanes of at least 4 members (excludes halogenated alkanes) is 9. The predicted molar refractivity (Wildman–Crippen MR) is 208 cm³/mol. The first-order chi connectivity index (χ1) is 25.3. The lowest BCUT2D eigenvalue weighted by molar-refractivity contribution is -0.137. The minimum absolute atomic E-state index is 0.00193. The number of carboxylic acids is 1. The average molecular weight is 744 g/mol. The number of aromatic nitrogens is 1. The molecule has 0 saturated heterocycles. The molecule has 14 nitrogen and oxygen atoms in total. The zero-order valence-electron chi connectivity index (χ0n) is 33.0. The number of pyridine rings is 1. The molecule has 0 aliphatic heterocycles. The number of hydrogen-bond acceptors (Lipinski definition) is 10. The molecule has 0 spiro atoms. The van der Waals surface area contributed by atoms with Gasteiger partial charge in [-0.05, 0) is 56.8 Å². The van der Waals surface area contributed by atoms with Gasteiger partial charge in [0, 0.05) is 44.4 Å². The second-order valence-corrected chi connectivity index (χ2v) is 10.9. The summed E-state index contributed by atoms with van der Waals surface area (Å²) in [4.78, 5) is 63.8. The Labute approximate surface area is 314 Å². The first kappa shape index (κ1) is 57.6. The van der Waals surface area contributed by atoms with Crippen LogP contribution in [0.5, 0.6) is 0 Å². The number of carbonyl (C=O) groups is 6. The number of aliphatic carboxylic acids is 1. The molecule has 0 fully saturated rings. The van der Waals surface area contributed by atoms with E-state index in [0.717, 1.165) is 64.3 Å². The fourth-order valence-corrected chi connectivity index (χ4v) is 3.93. The monoisotopic (exact) mass is 744 g/mol. The van der Waals surface area contributed by atoms with Crippen molar-refractivity contribution in [2.45, 2.75) is 131 Å². The highest BCUT2D eigenvalue weighted by Gasteiger charge is 2.07. The van der Waals surface area contributed by atoms with E-state index in [-0.39, 0.29) is 37.3 Å². The first-order valence-electron chi connectivity index (χ1n) is 18.6. The van der Waals surface area contributed by atoms with Crippen molar-refractivity contribution < 1.29 is 43.3 Å². The van der Waals surface area contributed by atoms with Gasteiger partial charge >= 0.3 is 5.97 Å². The van der Waals surface area contributed by atoms with Crippen LogP contribution < -0.4 is 21.7 Å². The molecular formula is C38H73N5O9. The van der Waals surface area contributed by atoms with E-state index in [1.165, 1.54) is 24.8 Å². The van der Waals surface area contributed by atoms with Gasteiger partial charge in [-0.2, -0.15) is 0 Å². The third-order valence-electron chi connectivity index (χ3n) is 6.62. The first-order valence-corrected chi connectivity index (χ1v) is 18.6. The Kier molecular flexibility index (Phi) is 59.8. The molecule has 1 aromatic heterocycles. The number of aryl methyl sites for hydroxylation is 1. The molecule has 1 unspecified atom stereocenters. The largest absolute Gasteiger partial charge is 0.481 e. The third kappa shape index (κ3) is 55.7. The van der Waals surface area contributed by atoms with Crippen molar-refractivity contribution in [3.05, 3.63) is 30.1 Å². The number of nitrogens with two attached hydrogens (primary N) is 1. The highest BCUT2D eigenvalue weighted by Crippen LogP contribution is 2.09. The summed E-state index contributed by atoms with van der Waals surface area (Å²) in [6, 6.07) is 3.85. The Morgan fingerprint density at radius 3 is 1.83 bits per heavy atom. The van der Waals surface area contributed by atoms with Crippen molar-refractivity contribution in [1.82, 2.24) is 20.9 Å². The lowest BCUT2D eigenvalue weighted by Crippen LogP contribution is -2.34. The van der Waals surface area contributed by atoms with E-state index in [4.69, 9.17) is 29.9 Å². The molecule has 0 radical (unpaired) electrons. The van der Waals surface area contributed by atoms with Crippen LogP contribution in [0, 0.1) is 0 Å². The SMILES string of the molecule is C=O.C=O.CC.CC(CC(=O)NCCOCCOCC(=O)NCCCCCCCCCCC(=O)O)NC=O.CCCCCN.CCc1ccncc1. The van der Waals surface area contributed by atoms with E-state index in [0.29, 0.717) is 39.3 Å². The van der Waals surface area contributed by atoms with Gasteiger partial charge in [-0.1, -0.05) is 79.1 Å². The Balaban J connectivity index is -0.000000298. The third-order valence-corrected chi connectivity index (χ3v) is 6.62.